The Hall–Kier alpha value is -3.09. The number of nitrogens with one attached hydrogen (secondary N) is 1. The molecule has 1 saturated heterocycles. The number of amides is 3. The van der Waals surface area contributed by atoms with Gasteiger partial charge in [0.05, 0.1) is 10.9 Å². The number of carbonyl (C=O) groups is 3. The van der Waals surface area contributed by atoms with Crippen LogP contribution in [-0.4, -0.2) is 23.0 Å². The first-order valence-corrected chi connectivity index (χ1v) is 10.9. The summed E-state index contributed by atoms with van der Waals surface area (Å²) < 4.78 is 0. The Labute approximate surface area is 189 Å². The second-order valence-corrected chi connectivity index (χ2v) is 8.91. The summed E-state index contributed by atoms with van der Waals surface area (Å²) in [6.45, 7) is 1.94. The van der Waals surface area contributed by atoms with Crippen LogP contribution in [0.3, 0.4) is 0 Å². The highest BCUT2D eigenvalue weighted by atomic mass is 35.5. The van der Waals surface area contributed by atoms with Crippen LogP contribution in [0.2, 0.25) is 5.02 Å². The van der Waals surface area contributed by atoms with Crippen molar-refractivity contribution < 1.29 is 14.4 Å². The third-order valence-corrected chi connectivity index (χ3v) is 6.31. The predicted octanol–water partition coefficient (Wildman–Crippen LogP) is 5.32. The van der Waals surface area contributed by atoms with Gasteiger partial charge in [0, 0.05) is 27.6 Å². The van der Waals surface area contributed by atoms with Gasteiger partial charge in [-0.1, -0.05) is 29.3 Å². The van der Waals surface area contributed by atoms with Crippen molar-refractivity contribution in [1.29, 1.82) is 0 Å². The van der Waals surface area contributed by atoms with E-state index in [9.17, 15) is 14.4 Å². The van der Waals surface area contributed by atoms with E-state index in [4.69, 9.17) is 11.6 Å². The average molecular weight is 451 g/mol. The summed E-state index contributed by atoms with van der Waals surface area (Å²) in [5, 5.41) is 2.92. The Morgan fingerprint density at radius 1 is 1.03 bits per heavy atom. The summed E-state index contributed by atoms with van der Waals surface area (Å²) >= 11 is 7.23. The molecule has 0 radical (unpaired) electrons. The van der Waals surface area contributed by atoms with Gasteiger partial charge in [-0.25, -0.2) is 4.90 Å². The van der Waals surface area contributed by atoms with E-state index in [2.05, 4.69) is 5.32 Å². The second kappa shape index (κ2) is 8.96. The molecular formula is C24H19ClN2O3S. The maximum Gasteiger partial charge on any atom is 0.255 e. The third-order valence-electron chi connectivity index (χ3n) is 4.86. The lowest BCUT2D eigenvalue weighted by molar-refractivity contribution is -0.121. The summed E-state index contributed by atoms with van der Waals surface area (Å²) in [5.41, 5.74) is 2.79. The van der Waals surface area contributed by atoms with Crippen LogP contribution in [0.1, 0.15) is 22.3 Å². The van der Waals surface area contributed by atoms with E-state index in [0.29, 0.717) is 22.0 Å². The number of thioether (sulfide) groups is 1. The molecule has 0 spiro atoms. The highest BCUT2D eigenvalue weighted by molar-refractivity contribution is 8.00. The Morgan fingerprint density at radius 2 is 1.74 bits per heavy atom. The van der Waals surface area contributed by atoms with Crippen molar-refractivity contribution in [2.24, 2.45) is 0 Å². The van der Waals surface area contributed by atoms with Gasteiger partial charge in [0.15, 0.2) is 0 Å². The molecule has 1 unspecified atom stereocenters. The number of halogens is 1. The Morgan fingerprint density at radius 3 is 2.42 bits per heavy atom. The van der Waals surface area contributed by atoms with Crippen molar-refractivity contribution in [3.8, 4) is 0 Å². The molecule has 3 aromatic carbocycles. The summed E-state index contributed by atoms with van der Waals surface area (Å²) in [6, 6.07) is 21.2. The maximum atomic E-state index is 12.8. The molecule has 0 aromatic heterocycles. The lowest BCUT2D eigenvalue weighted by Crippen LogP contribution is -2.31. The largest absolute Gasteiger partial charge is 0.322 e. The summed E-state index contributed by atoms with van der Waals surface area (Å²) in [7, 11) is 0. The lowest BCUT2D eigenvalue weighted by atomic mass is 10.1. The molecule has 1 aliphatic heterocycles. The quantitative estimate of drug-likeness (QED) is 0.534. The molecular weight excluding hydrogens is 432 g/mol. The Balaban J connectivity index is 1.41. The van der Waals surface area contributed by atoms with Crippen molar-refractivity contribution in [2.75, 3.05) is 10.2 Å². The van der Waals surface area contributed by atoms with Crippen molar-refractivity contribution in [1.82, 2.24) is 0 Å². The number of benzene rings is 3. The van der Waals surface area contributed by atoms with Crippen LogP contribution in [-0.2, 0) is 9.59 Å². The van der Waals surface area contributed by atoms with E-state index in [-0.39, 0.29) is 24.1 Å². The van der Waals surface area contributed by atoms with Crippen LogP contribution in [0, 0.1) is 6.92 Å². The molecule has 4 rings (SSSR count). The van der Waals surface area contributed by atoms with E-state index < -0.39 is 5.25 Å². The average Bonchev–Trinajstić information content (AvgIpc) is 3.03. The topological polar surface area (TPSA) is 66.5 Å². The van der Waals surface area contributed by atoms with Crippen molar-refractivity contribution >= 4 is 52.5 Å². The van der Waals surface area contributed by atoms with E-state index in [1.165, 1.54) is 16.7 Å². The van der Waals surface area contributed by atoms with Crippen LogP contribution in [0.5, 0.6) is 0 Å². The van der Waals surface area contributed by atoms with Gasteiger partial charge in [0.2, 0.25) is 11.8 Å². The highest BCUT2D eigenvalue weighted by Crippen LogP contribution is 2.34. The maximum absolute atomic E-state index is 12.8. The van der Waals surface area contributed by atoms with Gasteiger partial charge < -0.3 is 5.32 Å². The monoisotopic (exact) mass is 450 g/mol. The highest BCUT2D eigenvalue weighted by Gasteiger charge is 2.40. The van der Waals surface area contributed by atoms with Gasteiger partial charge in [-0.15, -0.1) is 11.8 Å². The number of hydrogen-bond acceptors (Lipinski definition) is 4. The van der Waals surface area contributed by atoms with Crippen molar-refractivity contribution in [3.05, 3.63) is 88.9 Å². The minimum absolute atomic E-state index is 0.137. The van der Waals surface area contributed by atoms with E-state index in [1.54, 1.807) is 42.5 Å². The molecule has 1 fully saturated rings. The molecule has 1 heterocycles. The first-order valence-electron chi connectivity index (χ1n) is 9.68. The predicted molar refractivity (Wildman–Crippen MR) is 124 cm³/mol. The molecule has 31 heavy (non-hydrogen) atoms. The molecule has 1 aliphatic rings. The van der Waals surface area contributed by atoms with Crippen LogP contribution >= 0.6 is 23.4 Å². The van der Waals surface area contributed by atoms with Crippen molar-refractivity contribution in [2.45, 2.75) is 23.5 Å². The molecule has 156 valence electrons. The molecule has 1 atom stereocenters. The molecule has 3 aromatic rings. The van der Waals surface area contributed by atoms with Gasteiger partial charge in [0.25, 0.3) is 5.91 Å². The minimum Gasteiger partial charge on any atom is -0.322 e. The van der Waals surface area contributed by atoms with Gasteiger partial charge in [-0.2, -0.15) is 0 Å². The summed E-state index contributed by atoms with van der Waals surface area (Å²) in [6.07, 6.45) is 0.137. The first-order chi connectivity index (χ1) is 14.9. The summed E-state index contributed by atoms with van der Waals surface area (Å²) in [4.78, 5) is 39.7. The number of nitrogens with zero attached hydrogens (tertiary/aromatic N) is 1. The van der Waals surface area contributed by atoms with E-state index in [1.807, 2.05) is 37.3 Å². The molecule has 1 N–H and O–H groups in total. The normalized spacial score (nSPS) is 15.9. The number of anilines is 2. The summed E-state index contributed by atoms with van der Waals surface area (Å²) in [5.74, 6) is -0.653. The second-order valence-electron chi connectivity index (χ2n) is 7.20. The van der Waals surface area contributed by atoms with Crippen molar-refractivity contribution in [3.63, 3.8) is 0 Å². The Bertz CT molecular complexity index is 1150. The van der Waals surface area contributed by atoms with Crippen LogP contribution in [0.15, 0.2) is 77.7 Å². The molecule has 5 nitrogen and oxygen atoms in total. The SMILES string of the molecule is Cc1cccc(C(=O)Nc2ccc(SC3CC(=O)N(c4ccc(Cl)cc4)C3=O)cc2)c1. The smallest absolute Gasteiger partial charge is 0.255 e. The lowest BCUT2D eigenvalue weighted by Gasteiger charge is -2.15. The zero-order valence-corrected chi connectivity index (χ0v) is 18.2. The van der Waals surface area contributed by atoms with Crippen LogP contribution < -0.4 is 10.2 Å². The molecule has 7 heteroatoms. The number of carbonyl (C=O) groups excluding carboxylic acids is 3. The fraction of sp³-hybridized carbons (Fsp3) is 0.125. The number of imide groups is 1. The third kappa shape index (κ3) is 4.81. The molecule has 0 aliphatic carbocycles. The molecule has 0 bridgehead atoms. The van der Waals surface area contributed by atoms with E-state index >= 15 is 0 Å². The van der Waals surface area contributed by atoms with Gasteiger partial charge in [-0.3, -0.25) is 14.4 Å². The fourth-order valence-corrected chi connectivity index (χ4v) is 4.51. The van der Waals surface area contributed by atoms with Gasteiger partial charge in [0.1, 0.15) is 0 Å². The molecule has 0 saturated carbocycles. The zero-order chi connectivity index (χ0) is 22.0. The molecule has 3 amide bonds. The van der Waals surface area contributed by atoms with Crippen LogP contribution in [0.4, 0.5) is 11.4 Å². The first kappa shape index (κ1) is 21.2. The minimum atomic E-state index is -0.490. The Kier molecular flexibility index (Phi) is 6.11. The van der Waals surface area contributed by atoms with Gasteiger partial charge >= 0.3 is 0 Å². The standard InChI is InChI=1S/C24H19ClN2O3S/c1-15-3-2-4-16(13-15)23(29)26-18-7-11-20(12-8-18)31-21-14-22(28)27(24(21)30)19-9-5-17(25)6-10-19/h2-13,21H,14H2,1H3,(H,26,29). The number of rotatable bonds is 5. The van der Waals surface area contributed by atoms with Crippen LogP contribution in [0.25, 0.3) is 0 Å². The van der Waals surface area contributed by atoms with Gasteiger partial charge in [-0.05, 0) is 67.6 Å². The number of aryl methyl sites for hydroxylation is 1. The fourth-order valence-electron chi connectivity index (χ4n) is 3.33. The zero-order valence-electron chi connectivity index (χ0n) is 16.7. The van der Waals surface area contributed by atoms with E-state index in [0.717, 1.165) is 10.5 Å². The number of hydrogen-bond donors (Lipinski definition) is 1.